The standard InChI is InChI=1S/C9H4ClF3N2OS/c10-6-3-1-5(2-4-6)7-14-15-8(16-7)17-9(11,12)13/h1-4H. The highest BCUT2D eigenvalue weighted by molar-refractivity contribution is 7.99. The smallest absolute Gasteiger partial charge is 0.411 e. The summed E-state index contributed by atoms with van der Waals surface area (Å²) >= 11 is 5.22. The number of benzene rings is 1. The summed E-state index contributed by atoms with van der Waals surface area (Å²) in [7, 11) is 0. The summed E-state index contributed by atoms with van der Waals surface area (Å²) in [4.78, 5) is 0. The molecule has 0 N–H and O–H groups in total. The maximum absolute atomic E-state index is 12.0. The van der Waals surface area contributed by atoms with Gasteiger partial charge in [0.05, 0.1) is 0 Å². The molecule has 0 aliphatic carbocycles. The van der Waals surface area contributed by atoms with Crippen LogP contribution in [-0.2, 0) is 0 Å². The van der Waals surface area contributed by atoms with Crippen molar-refractivity contribution in [2.75, 3.05) is 0 Å². The van der Waals surface area contributed by atoms with Gasteiger partial charge in [0.2, 0.25) is 5.89 Å². The van der Waals surface area contributed by atoms with Gasteiger partial charge in [-0.2, -0.15) is 13.2 Å². The zero-order chi connectivity index (χ0) is 12.5. The predicted molar refractivity (Wildman–Crippen MR) is 56.7 cm³/mol. The topological polar surface area (TPSA) is 38.9 Å². The maximum Gasteiger partial charge on any atom is 0.450 e. The third kappa shape index (κ3) is 3.37. The van der Waals surface area contributed by atoms with Crippen LogP contribution >= 0.6 is 23.4 Å². The van der Waals surface area contributed by atoms with Gasteiger partial charge in [-0.25, -0.2) is 0 Å². The summed E-state index contributed by atoms with van der Waals surface area (Å²) in [6.07, 6.45) is 0. The Morgan fingerprint density at radius 1 is 1.12 bits per heavy atom. The van der Waals surface area contributed by atoms with E-state index in [0.29, 0.717) is 10.6 Å². The first-order valence-corrected chi connectivity index (χ1v) is 5.49. The Kier molecular flexibility index (Phi) is 3.30. The summed E-state index contributed by atoms with van der Waals surface area (Å²) < 4.78 is 40.9. The molecular weight excluding hydrogens is 277 g/mol. The lowest BCUT2D eigenvalue weighted by atomic mass is 10.2. The molecular formula is C9H4ClF3N2OS. The van der Waals surface area contributed by atoms with Gasteiger partial charge < -0.3 is 4.42 Å². The van der Waals surface area contributed by atoms with E-state index >= 15 is 0 Å². The number of halogens is 4. The van der Waals surface area contributed by atoms with Gasteiger partial charge in [0.25, 0.3) is 5.22 Å². The van der Waals surface area contributed by atoms with Crippen LogP contribution in [-0.4, -0.2) is 15.7 Å². The van der Waals surface area contributed by atoms with Crippen LogP contribution in [0.2, 0.25) is 5.02 Å². The molecule has 0 fully saturated rings. The fraction of sp³-hybridized carbons (Fsp3) is 0.111. The van der Waals surface area contributed by atoms with Crippen LogP contribution in [0.4, 0.5) is 13.2 Å². The Bertz CT molecular complexity index is 512. The van der Waals surface area contributed by atoms with Crippen LogP contribution in [0.15, 0.2) is 33.9 Å². The number of hydrogen-bond donors (Lipinski definition) is 0. The summed E-state index contributed by atoms with van der Waals surface area (Å²) in [6.45, 7) is 0. The van der Waals surface area contributed by atoms with Crippen molar-refractivity contribution >= 4 is 23.4 Å². The second-order valence-electron chi connectivity index (χ2n) is 2.93. The average molecular weight is 281 g/mol. The van der Waals surface area contributed by atoms with E-state index in [1.807, 2.05) is 0 Å². The van der Waals surface area contributed by atoms with E-state index in [9.17, 15) is 13.2 Å². The molecule has 0 unspecified atom stereocenters. The predicted octanol–water partition coefficient (Wildman–Crippen LogP) is 4.00. The fourth-order valence-corrected chi connectivity index (χ4v) is 1.59. The minimum Gasteiger partial charge on any atom is -0.411 e. The Hall–Kier alpha value is -1.21. The second-order valence-corrected chi connectivity index (χ2v) is 4.38. The van der Waals surface area contributed by atoms with Gasteiger partial charge in [0.15, 0.2) is 0 Å². The highest BCUT2D eigenvalue weighted by atomic mass is 35.5. The molecule has 3 nitrogen and oxygen atoms in total. The lowest BCUT2D eigenvalue weighted by molar-refractivity contribution is -0.0337. The number of rotatable bonds is 2. The number of hydrogen-bond acceptors (Lipinski definition) is 4. The summed E-state index contributed by atoms with van der Waals surface area (Å²) in [6, 6.07) is 6.32. The van der Waals surface area contributed by atoms with Crippen LogP contribution in [0.3, 0.4) is 0 Å². The van der Waals surface area contributed by atoms with Gasteiger partial charge in [-0.1, -0.05) is 11.6 Å². The molecule has 1 aromatic carbocycles. The highest BCUT2D eigenvalue weighted by Gasteiger charge is 2.32. The Morgan fingerprint density at radius 2 is 1.76 bits per heavy atom. The molecule has 8 heteroatoms. The molecule has 2 rings (SSSR count). The van der Waals surface area contributed by atoms with E-state index in [2.05, 4.69) is 10.2 Å². The highest BCUT2D eigenvalue weighted by Crippen LogP contribution is 2.36. The van der Waals surface area contributed by atoms with Crippen molar-refractivity contribution in [1.29, 1.82) is 0 Å². The van der Waals surface area contributed by atoms with Crippen LogP contribution in [0.1, 0.15) is 0 Å². The molecule has 0 atom stereocenters. The molecule has 90 valence electrons. The van der Waals surface area contributed by atoms with Crippen molar-refractivity contribution in [3.05, 3.63) is 29.3 Å². The van der Waals surface area contributed by atoms with Crippen molar-refractivity contribution in [2.24, 2.45) is 0 Å². The van der Waals surface area contributed by atoms with Gasteiger partial charge in [-0.15, -0.1) is 10.2 Å². The number of nitrogens with zero attached hydrogens (tertiary/aromatic N) is 2. The second kappa shape index (κ2) is 4.58. The third-order valence-electron chi connectivity index (χ3n) is 1.70. The monoisotopic (exact) mass is 280 g/mol. The molecule has 1 aromatic heterocycles. The van der Waals surface area contributed by atoms with Crippen molar-refractivity contribution in [3.8, 4) is 11.5 Å². The lowest BCUT2D eigenvalue weighted by Crippen LogP contribution is -1.98. The molecule has 17 heavy (non-hydrogen) atoms. The van der Waals surface area contributed by atoms with Crippen LogP contribution in [0, 0.1) is 0 Å². The van der Waals surface area contributed by atoms with E-state index in [1.165, 1.54) is 0 Å². The summed E-state index contributed by atoms with van der Waals surface area (Å²) in [5.74, 6) is 0.0217. The summed E-state index contributed by atoms with van der Waals surface area (Å²) in [5.41, 5.74) is -3.93. The Balaban J connectivity index is 2.21. The van der Waals surface area contributed by atoms with Crippen LogP contribution in [0.25, 0.3) is 11.5 Å². The number of alkyl halides is 3. The van der Waals surface area contributed by atoms with Gasteiger partial charge in [0, 0.05) is 22.3 Å². The quantitative estimate of drug-likeness (QED) is 0.779. The molecule has 0 aliphatic rings. The summed E-state index contributed by atoms with van der Waals surface area (Å²) in [5, 5.41) is 6.79. The molecule has 0 saturated heterocycles. The molecule has 0 aliphatic heterocycles. The van der Waals surface area contributed by atoms with E-state index < -0.39 is 22.5 Å². The van der Waals surface area contributed by atoms with E-state index in [0.717, 1.165) is 0 Å². The van der Waals surface area contributed by atoms with Gasteiger partial charge in [-0.3, -0.25) is 0 Å². The van der Waals surface area contributed by atoms with E-state index in [-0.39, 0.29) is 5.89 Å². The minimum atomic E-state index is -4.44. The minimum absolute atomic E-state index is 0.0217. The number of thioether (sulfide) groups is 1. The first kappa shape index (κ1) is 12.3. The van der Waals surface area contributed by atoms with Gasteiger partial charge in [-0.05, 0) is 24.3 Å². The first-order chi connectivity index (χ1) is 7.94. The maximum atomic E-state index is 12.0. The first-order valence-electron chi connectivity index (χ1n) is 4.29. The molecule has 2 aromatic rings. The van der Waals surface area contributed by atoms with Crippen molar-refractivity contribution in [3.63, 3.8) is 0 Å². The molecule has 1 heterocycles. The molecule has 0 spiro atoms. The Morgan fingerprint density at radius 3 is 2.35 bits per heavy atom. The SMILES string of the molecule is FC(F)(F)Sc1nnc(-c2ccc(Cl)cc2)o1. The zero-order valence-corrected chi connectivity index (χ0v) is 9.60. The largest absolute Gasteiger partial charge is 0.450 e. The third-order valence-corrected chi connectivity index (χ3v) is 2.52. The van der Waals surface area contributed by atoms with Crippen molar-refractivity contribution in [1.82, 2.24) is 10.2 Å². The van der Waals surface area contributed by atoms with Crippen molar-refractivity contribution < 1.29 is 17.6 Å². The van der Waals surface area contributed by atoms with Crippen LogP contribution in [0.5, 0.6) is 0 Å². The fourth-order valence-electron chi connectivity index (χ4n) is 1.06. The van der Waals surface area contributed by atoms with E-state index in [1.54, 1.807) is 24.3 Å². The van der Waals surface area contributed by atoms with Gasteiger partial charge in [0.1, 0.15) is 0 Å². The van der Waals surface area contributed by atoms with Gasteiger partial charge >= 0.3 is 5.51 Å². The molecule has 0 saturated carbocycles. The zero-order valence-electron chi connectivity index (χ0n) is 8.03. The molecule has 0 radical (unpaired) electrons. The average Bonchev–Trinajstić information content (AvgIpc) is 2.64. The lowest BCUT2D eigenvalue weighted by Gasteiger charge is -1.99. The normalized spacial score (nSPS) is 11.8. The molecule has 0 amide bonds. The van der Waals surface area contributed by atoms with Crippen molar-refractivity contribution in [2.45, 2.75) is 10.7 Å². The molecule has 0 bridgehead atoms. The van der Waals surface area contributed by atoms with E-state index in [4.69, 9.17) is 16.0 Å². The number of aromatic nitrogens is 2. The Labute approximate surface area is 103 Å². The van der Waals surface area contributed by atoms with Crippen LogP contribution < -0.4 is 0 Å².